The molecule has 0 aliphatic carbocycles. The lowest BCUT2D eigenvalue weighted by molar-refractivity contribution is 0.182. The Morgan fingerprint density at radius 3 is 3.00 bits per heavy atom. The van der Waals surface area contributed by atoms with Crippen LogP contribution in [0.5, 0.6) is 0 Å². The summed E-state index contributed by atoms with van der Waals surface area (Å²) in [6.07, 6.45) is 4.92. The number of ether oxygens (including phenoxy) is 1. The van der Waals surface area contributed by atoms with Crippen molar-refractivity contribution < 1.29 is 4.74 Å². The van der Waals surface area contributed by atoms with Gasteiger partial charge >= 0.3 is 0 Å². The number of hydrogen-bond donors (Lipinski definition) is 1. The topological polar surface area (TPSA) is 39.1 Å². The molecule has 0 radical (unpaired) electrons. The highest BCUT2D eigenvalue weighted by molar-refractivity contribution is 7.98. The van der Waals surface area contributed by atoms with Gasteiger partial charge in [0.05, 0.1) is 36.1 Å². The summed E-state index contributed by atoms with van der Waals surface area (Å²) in [6.45, 7) is 4.52. The summed E-state index contributed by atoms with van der Waals surface area (Å²) in [7, 11) is 1.69. The molecule has 1 rings (SSSR count). The minimum absolute atomic E-state index is 0.242. The summed E-state index contributed by atoms with van der Waals surface area (Å²) in [4.78, 5) is 0. The number of rotatable bonds is 9. The number of methoxy groups -OCH3 is 1. The highest BCUT2D eigenvalue weighted by atomic mass is 35.5. The van der Waals surface area contributed by atoms with E-state index < -0.39 is 0 Å². The van der Waals surface area contributed by atoms with Crippen molar-refractivity contribution in [1.82, 2.24) is 15.1 Å². The lowest BCUT2D eigenvalue weighted by Crippen LogP contribution is -2.27. The van der Waals surface area contributed by atoms with E-state index >= 15 is 0 Å². The van der Waals surface area contributed by atoms with E-state index in [9.17, 15) is 0 Å². The van der Waals surface area contributed by atoms with Crippen LogP contribution in [0.25, 0.3) is 0 Å². The van der Waals surface area contributed by atoms with E-state index in [1.165, 1.54) is 0 Å². The van der Waals surface area contributed by atoms with E-state index in [0.29, 0.717) is 6.61 Å². The van der Waals surface area contributed by atoms with Gasteiger partial charge in [0, 0.05) is 12.9 Å². The Bertz CT molecular complexity index is 346. The van der Waals surface area contributed by atoms with Crippen molar-refractivity contribution in [3.63, 3.8) is 0 Å². The normalized spacial score (nSPS) is 12.9. The van der Waals surface area contributed by atoms with Crippen LogP contribution in [0, 0.1) is 0 Å². The third kappa shape index (κ3) is 4.46. The Hall–Kier alpha value is -0.230. The highest BCUT2D eigenvalue weighted by Crippen LogP contribution is 2.25. The van der Waals surface area contributed by atoms with E-state index in [-0.39, 0.29) is 6.04 Å². The largest absolute Gasteiger partial charge is 0.383 e. The maximum Gasteiger partial charge on any atom is 0.0834 e. The van der Waals surface area contributed by atoms with E-state index in [1.807, 2.05) is 4.68 Å². The van der Waals surface area contributed by atoms with Gasteiger partial charge in [0.2, 0.25) is 0 Å². The van der Waals surface area contributed by atoms with Crippen molar-refractivity contribution in [3.05, 3.63) is 16.9 Å². The molecule has 1 N–H and O–H groups in total. The quantitative estimate of drug-likeness (QED) is 0.759. The average Bonchev–Trinajstić information content (AvgIpc) is 2.73. The minimum Gasteiger partial charge on any atom is -0.383 e. The van der Waals surface area contributed by atoms with Crippen LogP contribution in [0.4, 0.5) is 0 Å². The fourth-order valence-corrected chi connectivity index (χ4v) is 2.68. The van der Waals surface area contributed by atoms with E-state index in [1.54, 1.807) is 25.1 Å². The first-order valence-electron chi connectivity index (χ1n) is 6.17. The summed E-state index contributed by atoms with van der Waals surface area (Å²) in [6, 6.07) is 0.242. The lowest BCUT2D eigenvalue weighted by Gasteiger charge is -2.19. The molecule has 1 atom stereocenters. The Labute approximate surface area is 118 Å². The molecule has 1 aromatic heterocycles. The molecule has 0 aliphatic heterocycles. The first-order valence-corrected chi connectivity index (χ1v) is 7.94. The average molecular weight is 292 g/mol. The molecular weight excluding hydrogens is 270 g/mol. The summed E-state index contributed by atoms with van der Waals surface area (Å²) in [5.41, 5.74) is 1.07. The maximum atomic E-state index is 6.26. The molecule has 0 bridgehead atoms. The van der Waals surface area contributed by atoms with Crippen molar-refractivity contribution in [2.45, 2.75) is 25.9 Å². The second-order valence-electron chi connectivity index (χ2n) is 4.06. The summed E-state index contributed by atoms with van der Waals surface area (Å²) in [5, 5.41) is 8.57. The van der Waals surface area contributed by atoms with Crippen LogP contribution in [0.3, 0.4) is 0 Å². The van der Waals surface area contributed by atoms with Gasteiger partial charge in [-0.05, 0) is 19.2 Å². The molecule has 0 spiro atoms. The third-order valence-corrected chi connectivity index (χ3v) is 3.60. The molecule has 1 aromatic rings. The standard InChI is InChI=1S/C12H22ClN3OS/c1-4-5-14-11(9-18-3)12-10(13)8-15-16(12)6-7-17-2/h8,11,14H,4-7,9H2,1-3H3. The van der Waals surface area contributed by atoms with Gasteiger partial charge in [0.1, 0.15) is 0 Å². The summed E-state index contributed by atoms with van der Waals surface area (Å²) < 4.78 is 7.04. The van der Waals surface area contributed by atoms with E-state index in [2.05, 4.69) is 23.6 Å². The Morgan fingerprint density at radius 2 is 2.39 bits per heavy atom. The molecular formula is C12H22ClN3OS. The number of halogens is 1. The molecule has 0 aromatic carbocycles. The van der Waals surface area contributed by atoms with Gasteiger partial charge < -0.3 is 10.1 Å². The van der Waals surface area contributed by atoms with Crippen molar-refractivity contribution in [2.24, 2.45) is 0 Å². The van der Waals surface area contributed by atoms with Crippen LogP contribution < -0.4 is 5.32 Å². The second-order valence-corrected chi connectivity index (χ2v) is 5.37. The van der Waals surface area contributed by atoms with Gasteiger partial charge in [-0.3, -0.25) is 4.68 Å². The van der Waals surface area contributed by atoms with Crippen LogP contribution in [0.2, 0.25) is 5.02 Å². The zero-order chi connectivity index (χ0) is 13.4. The number of thioether (sulfide) groups is 1. The number of nitrogens with one attached hydrogen (secondary N) is 1. The molecule has 0 fully saturated rings. The van der Waals surface area contributed by atoms with Crippen molar-refractivity contribution in [3.8, 4) is 0 Å². The first kappa shape index (κ1) is 15.8. The lowest BCUT2D eigenvalue weighted by atomic mass is 10.2. The molecule has 0 amide bonds. The molecule has 4 nitrogen and oxygen atoms in total. The molecule has 6 heteroatoms. The van der Waals surface area contributed by atoms with Crippen LogP contribution >= 0.6 is 23.4 Å². The molecule has 0 saturated carbocycles. The van der Waals surface area contributed by atoms with Crippen LogP contribution in [-0.4, -0.2) is 42.1 Å². The van der Waals surface area contributed by atoms with Crippen molar-refractivity contribution in [2.75, 3.05) is 32.3 Å². The predicted octanol–water partition coefficient (Wildman–Crippen LogP) is 2.59. The third-order valence-electron chi connectivity index (χ3n) is 2.64. The number of aromatic nitrogens is 2. The van der Waals surface area contributed by atoms with Gasteiger partial charge in [0.15, 0.2) is 0 Å². The van der Waals surface area contributed by atoms with Crippen LogP contribution in [0.1, 0.15) is 25.1 Å². The first-order chi connectivity index (χ1) is 8.74. The van der Waals surface area contributed by atoms with E-state index in [4.69, 9.17) is 16.3 Å². The molecule has 1 heterocycles. The van der Waals surface area contributed by atoms with Crippen LogP contribution in [-0.2, 0) is 11.3 Å². The molecule has 104 valence electrons. The van der Waals surface area contributed by atoms with Crippen molar-refractivity contribution in [1.29, 1.82) is 0 Å². The minimum atomic E-state index is 0.242. The maximum absolute atomic E-state index is 6.26. The predicted molar refractivity (Wildman–Crippen MR) is 78.5 cm³/mol. The smallest absolute Gasteiger partial charge is 0.0834 e. The second kappa shape index (κ2) is 8.80. The fraction of sp³-hybridized carbons (Fsp3) is 0.750. The molecule has 1 unspecified atom stereocenters. The summed E-state index contributed by atoms with van der Waals surface area (Å²) >= 11 is 8.07. The zero-order valence-electron chi connectivity index (χ0n) is 11.3. The number of nitrogens with zero attached hydrogens (tertiary/aromatic N) is 2. The Balaban J connectivity index is 2.83. The van der Waals surface area contributed by atoms with Crippen molar-refractivity contribution >= 4 is 23.4 Å². The molecule has 18 heavy (non-hydrogen) atoms. The SMILES string of the molecule is CCCNC(CSC)c1c(Cl)cnn1CCOC. The van der Waals surface area contributed by atoms with Gasteiger partial charge in [-0.2, -0.15) is 16.9 Å². The van der Waals surface area contributed by atoms with Gasteiger partial charge in [0.25, 0.3) is 0 Å². The monoisotopic (exact) mass is 291 g/mol. The Morgan fingerprint density at radius 1 is 1.61 bits per heavy atom. The Kier molecular flexibility index (Phi) is 7.74. The van der Waals surface area contributed by atoms with Gasteiger partial charge in [-0.1, -0.05) is 18.5 Å². The highest BCUT2D eigenvalue weighted by Gasteiger charge is 2.19. The molecule has 0 saturated heterocycles. The van der Waals surface area contributed by atoms with E-state index in [0.717, 1.165) is 36.0 Å². The van der Waals surface area contributed by atoms with Crippen LogP contribution in [0.15, 0.2) is 6.20 Å². The zero-order valence-corrected chi connectivity index (χ0v) is 12.9. The molecule has 0 aliphatic rings. The van der Waals surface area contributed by atoms with Gasteiger partial charge in [-0.25, -0.2) is 0 Å². The number of hydrogen-bond acceptors (Lipinski definition) is 4. The fourth-order valence-electron chi connectivity index (χ4n) is 1.79. The summed E-state index contributed by atoms with van der Waals surface area (Å²) in [5.74, 6) is 0.985. The van der Waals surface area contributed by atoms with Gasteiger partial charge in [-0.15, -0.1) is 0 Å².